The molecule has 0 unspecified atom stereocenters. The minimum atomic E-state index is 0.0685. The fourth-order valence-corrected chi connectivity index (χ4v) is 2.79. The highest BCUT2D eigenvalue weighted by Gasteiger charge is 2.11. The minimum Gasteiger partial charge on any atom is -0.506 e. The molecule has 0 atom stereocenters. The third kappa shape index (κ3) is 5.02. The molecule has 3 heterocycles. The van der Waals surface area contributed by atoms with Gasteiger partial charge in [-0.1, -0.05) is 12.8 Å². The van der Waals surface area contributed by atoms with Gasteiger partial charge in [0.2, 0.25) is 0 Å². The molecule has 28 heavy (non-hydrogen) atoms. The second-order valence-electron chi connectivity index (χ2n) is 6.56. The lowest BCUT2D eigenvalue weighted by atomic mass is 10.2. The molecule has 0 aliphatic heterocycles. The van der Waals surface area contributed by atoms with Crippen molar-refractivity contribution in [2.24, 2.45) is 5.73 Å². The number of H-pyrrole nitrogens is 1. The maximum atomic E-state index is 9.86. The Morgan fingerprint density at radius 3 is 2.61 bits per heavy atom. The highest BCUT2D eigenvalue weighted by atomic mass is 16.3. The molecule has 144 valence electrons. The molecule has 0 radical (unpaired) electrons. The van der Waals surface area contributed by atoms with E-state index < -0.39 is 0 Å². The van der Waals surface area contributed by atoms with E-state index in [9.17, 15) is 5.11 Å². The van der Waals surface area contributed by atoms with Crippen LogP contribution in [0.25, 0.3) is 11.4 Å². The smallest absolute Gasteiger partial charge is 0.158 e. The van der Waals surface area contributed by atoms with Crippen LogP contribution in [0.15, 0.2) is 30.6 Å². The Morgan fingerprint density at radius 1 is 1.21 bits per heavy atom. The molecule has 1 aliphatic rings. The van der Waals surface area contributed by atoms with Crippen LogP contribution < -0.4 is 11.1 Å². The van der Waals surface area contributed by atoms with Gasteiger partial charge in [0.05, 0.1) is 18.1 Å². The van der Waals surface area contributed by atoms with E-state index in [1.54, 1.807) is 18.2 Å². The number of rotatable bonds is 3. The number of aromatic nitrogens is 5. The van der Waals surface area contributed by atoms with E-state index in [0.717, 1.165) is 5.69 Å². The SMILES string of the molecule is Cc1ccc(O)c(-c2cc(Nc3cnc(C#N)cn3)n[nH]2)n1.NC1CCCC1. The molecule has 9 heteroatoms. The molecule has 9 nitrogen and oxygen atoms in total. The van der Waals surface area contributed by atoms with E-state index in [2.05, 4.69) is 30.5 Å². The van der Waals surface area contributed by atoms with Gasteiger partial charge < -0.3 is 16.2 Å². The van der Waals surface area contributed by atoms with Crippen LogP contribution in [0.3, 0.4) is 0 Å². The topological polar surface area (TPSA) is 149 Å². The lowest BCUT2D eigenvalue weighted by molar-refractivity contribution is 0.474. The molecule has 4 rings (SSSR count). The van der Waals surface area contributed by atoms with E-state index in [0.29, 0.717) is 29.1 Å². The summed E-state index contributed by atoms with van der Waals surface area (Å²) < 4.78 is 0. The molecule has 3 aromatic heterocycles. The van der Waals surface area contributed by atoms with Crippen molar-refractivity contribution in [3.05, 3.63) is 42.0 Å². The van der Waals surface area contributed by atoms with Crippen LogP contribution in [0, 0.1) is 18.3 Å². The summed E-state index contributed by atoms with van der Waals surface area (Å²) in [7, 11) is 0. The molecule has 0 spiro atoms. The number of aryl methyl sites for hydroxylation is 1. The Kier molecular flexibility index (Phi) is 6.14. The molecule has 1 aliphatic carbocycles. The summed E-state index contributed by atoms with van der Waals surface area (Å²) in [4.78, 5) is 12.2. The minimum absolute atomic E-state index is 0.0685. The first-order valence-electron chi connectivity index (χ1n) is 9.02. The third-order valence-electron chi connectivity index (χ3n) is 4.27. The molecule has 0 amide bonds. The van der Waals surface area contributed by atoms with Crippen molar-refractivity contribution in [1.29, 1.82) is 5.26 Å². The quantitative estimate of drug-likeness (QED) is 0.543. The van der Waals surface area contributed by atoms with Crippen LogP contribution in [-0.4, -0.2) is 36.3 Å². The highest BCUT2D eigenvalue weighted by molar-refractivity contribution is 5.66. The second kappa shape index (κ2) is 8.92. The van der Waals surface area contributed by atoms with Crippen LogP contribution in [0.2, 0.25) is 0 Å². The molecule has 1 fully saturated rings. The first-order valence-corrected chi connectivity index (χ1v) is 9.02. The summed E-state index contributed by atoms with van der Waals surface area (Å²) in [6, 6.07) is 7.44. The van der Waals surface area contributed by atoms with Crippen LogP contribution in [0.5, 0.6) is 5.75 Å². The van der Waals surface area contributed by atoms with Crippen molar-refractivity contribution in [2.75, 3.05) is 5.32 Å². The van der Waals surface area contributed by atoms with Crippen molar-refractivity contribution in [3.63, 3.8) is 0 Å². The Bertz CT molecular complexity index is 955. The largest absolute Gasteiger partial charge is 0.506 e. The summed E-state index contributed by atoms with van der Waals surface area (Å²) in [6.45, 7) is 1.84. The molecular formula is C19H22N8O. The predicted molar refractivity (Wildman–Crippen MR) is 105 cm³/mol. The first-order chi connectivity index (χ1) is 13.5. The lowest BCUT2D eigenvalue weighted by Crippen LogP contribution is -2.13. The van der Waals surface area contributed by atoms with E-state index in [-0.39, 0.29) is 11.4 Å². The van der Waals surface area contributed by atoms with E-state index in [1.807, 2.05) is 13.0 Å². The number of nitrogens with one attached hydrogen (secondary N) is 2. The number of nitrogens with two attached hydrogens (primary N) is 1. The summed E-state index contributed by atoms with van der Waals surface area (Å²) in [5.41, 5.74) is 7.56. The molecule has 0 aromatic carbocycles. The summed E-state index contributed by atoms with van der Waals surface area (Å²) in [6.07, 6.45) is 8.06. The summed E-state index contributed by atoms with van der Waals surface area (Å²) >= 11 is 0. The molecule has 0 saturated heterocycles. The molecule has 3 aromatic rings. The first kappa shape index (κ1) is 19.3. The fraction of sp³-hybridized carbons (Fsp3) is 0.316. The zero-order valence-corrected chi connectivity index (χ0v) is 15.6. The number of nitriles is 1. The Labute approximate surface area is 162 Å². The number of aromatic hydroxyl groups is 1. The van der Waals surface area contributed by atoms with E-state index in [1.165, 1.54) is 38.1 Å². The predicted octanol–water partition coefficient (Wildman–Crippen LogP) is 2.78. The van der Waals surface area contributed by atoms with E-state index in [4.69, 9.17) is 11.0 Å². The average molecular weight is 378 g/mol. The summed E-state index contributed by atoms with van der Waals surface area (Å²) in [5.74, 6) is 1.02. The van der Waals surface area contributed by atoms with Crippen molar-refractivity contribution in [3.8, 4) is 23.2 Å². The van der Waals surface area contributed by atoms with Crippen molar-refractivity contribution < 1.29 is 5.11 Å². The molecule has 1 saturated carbocycles. The number of anilines is 2. The maximum absolute atomic E-state index is 9.86. The highest BCUT2D eigenvalue weighted by Crippen LogP contribution is 2.27. The molecular weight excluding hydrogens is 356 g/mol. The lowest BCUT2D eigenvalue weighted by Gasteiger charge is -2.01. The Morgan fingerprint density at radius 2 is 2.00 bits per heavy atom. The molecule has 5 N–H and O–H groups in total. The number of hydrogen-bond acceptors (Lipinski definition) is 8. The van der Waals surface area contributed by atoms with Gasteiger partial charge in [0.15, 0.2) is 11.5 Å². The van der Waals surface area contributed by atoms with Gasteiger partial charge >= 0.3 is 0 Å². The van der Waals surface area contributed by atoms with Gasteiger partial charge in [-0.15, -0.1) is 0 Å². The van der Waals surface area contributed by atoms with Gasteiger partial charge in [-0.2, -0.15) is 10.4 Å². The number of nitrogens with zero attached hydrogens (tertiary/aromatic N) is 5. The second-order valence-corrected chi connectivity index (χ2v) is 6.56. The van der Waals surface area contributed by atoms with Crippen LogP contribution in [-0.2, 0) is 0 Å². The van der Waals surface area contributed by atoms with Crippen LogP contribution >= 0.6 is 0 Å². The van der Waals surface area contributed by atoms with Gasteiger partial charge in [0, 0.05) is 17.8 Å². The number of aromatic amines is 1. The monoisotopic (exact) mass is 378 g/mol. The van der Waals surface area contributed by atoms with Gasteiger partial charge in [-0.05, 0) is 31.9 Å². The number of pyridine rings is 1. The van der Waals surface area contributed by atoms with Gasteiger partial charge in [-0.3, -0.25) is 5.10 Å². The third-order valence-corrected chi connectivity index (χ3v) is 4.27. The number of hydrogen-bond donors (Lipinski definition) is 4. The Hall–Kier alpha value is -3.51. The van der Waals surface area contributed by atoms with Crippen LogP contribution in [0.4, 0.5) is 11.6 Å². The average Bonchev–Trinajstić information content (AvgIpc) is 3.36. The fourth-order valence-electron chi connectivity index (χ4n) is 2.79. The van der Waals surface area contributed by atoms with Gasteiger partial charge in [0.25, 0.3) is 0 Å². The molecule has 0 bridgehead atoms. The van der Waals surface area contributed by atoms with Crippen molar-refractivity contribution in [1.82, 2.24) is 25.1 Å². The van der Waals surface area contributed by atoms with Crippen LogP contribution in [0.1, 0.15) is 37.1 Å². The van der Waals surface area contributed by atoms with Gasteiger partial charge in [-0.25, -0.2) is 15.0 Å². The van der Waals surface area contributed by atoms with E-state index >= 15 is 0 Å². The van der Waals surface area contributed by atoms with Crippen molar-refractivity contribution in [2.45, 2.75) is 38.6 Å². The summed E-state index contributed by atoms with van der Waals surface area (Å²) in [5, 5.41) is 28.4. The maximum Gasteiger partial charge on any atom is 0.158 e. The van der Waals surface area contributed by atoms with Crippen molar-refractivity contribution >= 4 is 11.6 Å². The van der Waals surface area contributed by atoms with Gasteiger partial charge in [0.1, 0.15) is 23.3 Å². The Balaban J connectivity index is 0.000000320. The normalized spacial score (nSPS) is 13.5. The zero-order valence-electron chi connectivity index (χ0n) is 15.6. The standard InChI is InChI=1S/C14H11N7O.C5H11N/c1-8-2-3-11(22)14(18-8)10-4-12(21-20-10)19-13-7-16-9(5-15)6-17-13;6-5-3-1-2-4-5/h2-4,6-7,22H,1H3,(H2,17,19,20,21);5H,1-4,6H2. The zero-order chi connectivity index (χ0) is 19.9.